The number of carbonyl (C=O) groups excluding carboxylic acids is 2. The Balaban J connectivity index is 1.47. The highest BCUT2D eigenvalue weighted by atomic mass is 16.3. The van der Waals surface area contributed by atoms with Gasteiger partial charge in [-0.15, -0.1) is 0 Å². The van der Waals surface area contributed by atoms with Crippen LogP contribution in [0.25, 0.3) is 17.0 Å². The normalized spacial score (nSPS) is 18.2. The van der Waals surface area contributed by atoms with Gasteiger partial charge in [0.15, 0.2) is 5.82 Å². The van der Waals surface area contributed by atoms with Crippen LogP contribution in [0.1, 0.15) is 23.8 Å². The molecule has 2 aromatic heterocycles. The molecule has 1 aliphatic heterocycles. The van der Waals surface area contributed by atoms with Gasteiger partial charge in [0, 0.05) is 43.4 Å². The molecule has 1 aliphatic rings. The number of nitrogens with one attached hydrogen (secondary N) is 2. The third-order valence-electron chi connectivity index (χ3n) is 5.80. The first-order valence-corrected chi connectivity index (χ1v) is 10.4. The average molecular weight is 434 g/mol. The summed E-state index contributed by atoms with van der Waals surface area (Å²) in [4.78, 5) is 30.9. The molecule has 32 heavy (non-hydrogen) atoms. The quantitative estimate of drug-likeness (QED) is 0.533. The van der Waals surface area contributed by atoms with Gasteiger partial charge < -0.3 is 25.1 Å². The summed E-state index contributed by atoms with van der Waals surface area (Å²) in [6.07, 6.45) is 4.76. The number of amides is 2. The van der Waals surface area contributed by atoms with E-state index < -0.39 is 5.41 Å². The second-order valence-corrected chi connectivity index (χ2v) is 8.35. The van der Waals surface area contributed by atoms with Crippen LogP contribution in [0.3, 0.4) is 0 Å². The topological polar surface area (TPSA) is 108 Å². The van der Waals surface area contributed by atoms with Crippen molar-refractivity contribution in [2.45, 2.75) is 20.4 Å². The lowest BCUT2D eigenvalue weighted by atomic mass is 9.91. The number of furan rings is 1. The molecule has 8 heteroatoms. The van der Waals surface area contributed by atoms with E-state index in [0.717, 1.165) is 22.3 Å². The van der Waals surface area contributed by atoms with Crippen molar-refractivity contribution in [2.75, 3.05) is 30.8 Å². The van der Waals surface area contributed by atoms with Gasteiger partial charge in [0.05, 0.1) is 17.7 Å². The Hall–Kier alpha value is -3.65. The van der Waals surface area contributed by atoms with Crippen LogP contribution in [-0.4, -0.2) is 47.0 Å². The Morgan fingerprint density at radius 1 is 1.38 bits per heavy atom. The van der Waals surface area contributed by atoms with Crippen molar-refractivity contribution in [3.63, 3.8) is 0 Å². The molecule has 3 heterocycles. The van der Waals surface area contributed by atoms with Gasteiger partial charge in [-0.2, -0.15) is 0 Å². The van der Waals surface area contributed by atoms with Gasteiger partial charge in [-0.3, -0.25) is 9.59 Å². The molecule has 4 rings (SSSR count). The summed E-state index contributed by atoms with van der Waals surface area (Å²) in [6, 6.07) is 9.59. The van der Waals surface area contributed by atoms with Crippen LogP contribution in [0.15, 0.2) is 47.0 Å². The summed E-state index contributed by atoms with van der Waals surface area (Å²) in [7, 11) is 1.75. The Bertz CT molecular complexity index is 1220. The van der Waals surface area contributed by atoms with Gasteiger partial charge in [0.1, 0.15) is 11.3 Å². The maximum Gasteiger partial charge on any atom is 0.246 e. The molecule has 0 radical (unpaired) electrons. The molecule has 1 aromatic carbocycles. The molecular formula is C24H26N4O4. The molecule has 0 bridgehead atoms. The molecule has 166 valence electrons. The van der Waals surface area contributed by atoms with E-state index in [1.54, 1.807) is 31.1 Å². The molecule has 1 atom stereocenters. The largest absolute Gasteiger partial charge is 0.461 e. The number of likely N-dealkylation sites (N-methyl/N-ethyl adjacent to an activating group) is 1. The van der Waals surface area contributed by atoms with E-state index in [4.69, 9.17) is 4.42 Å². The van der Waals surface area contributed by atoms with Crippen LogP contribution >= 0.6 is 0 Å². The minimum atomic E-state index is -0.940. The van der Waals surface area contributed by atoms with E-state index in [1.807, 2.05) is 37.3 Å². The molecule has 0 spiro atoms. The van der Waals surface area contributed by atoms with Gasteiger partial charge in [-0.25, -0.2) is 4.98 Å². The lowest BCUT2D eigenvalue weighted by Gasteiger charge is -2.22. The van der Waals surface area contributed by atoms with Gasteiger partial charge in [0.25, 0.3) is 0 Å². The first kappa shape index (κ1) is 21.6. The lowest BCUT2D eigenvalue weighted by molar-refractivity contribution is -0.126. The number of hydrogen-bond donors (Lipinski definition) is 3. The minimum absolute atomic E-state index is 0.154. The molecule has 2 amide bonds. The Morgan fingerprint density at radius 2 is 2.16 bits per heavy atom. The van der Waals surface area contributed by atoms with E-state index in [-0.39, 0.29) is 25.0 Å². The van der Waals surface area contributed by atoms with Crippen molar-refractivity contribution in [1.29, 1.82) is 0 Å². The second-order valence-electron chi connectivity index (χ2n) is 8.35. The highest BCUT2D eigenvalue weighted by molar-refractivity contribution is 5.99. The van der Waals surface area contributed by atoms with E-state index in [0.29, 0.717) is 23.6 Å². The number of carbonyl (C=O) groups is 2. The van der Waals surface area contributed by atoms with Gasteiger partial charge in [0.2, 0.25) is 11.8 Å². The van der Waals surface area contributed by atoms with E-state index in [2.05, 4.69) is 15.6 Å². The van der Waals surface area contributed by atoms with Crippen LogP contribution in [-0.2, 0) is 16.1 Å². The third kappa shape index (κ3) is 4.09. The fraction of sp³-hybridized carbons (Fsp3) is 0.292. The Kier molecular flexibility index (Phi) is 5.71. The number of nitrogens with zero attached hydrogens (tertiary/aromatic N) is 2. The maximum atomic E-state index is 12.7. The number of rotatable bonds is 5. The van der Waals surface area contributed by atoms with Crippen LogP contribution in [0, 0.1) is 12.3 Å². The van der Waals surface area contributed by atoms with E-state index in [1.165, 1.54) is 6.08 Å². The van der Waals surface area contributed by atoms with Crippen molar-refractivity contribution in [1.82, 2.24) is 9.88 Å². The van der Waals surface area contributed by atoms with Gasteiger partial charge >= 0.3 is 0 Å². The van der Waals surface area contributed by atoms with Crippen LogP contribution in [0.2, 0.25) is 0 Å². The third-order valence-corrected chi connectivity index (χ3v) is 5.80. The monoisotopic (exact) mass is 434 g/mol. The zero-order valence-corrected chi connectivity index (χ0v) is 18.3. The number of pyridine rings is 1. The predicted octanol–water partition coefficient (Wildman–Crippen LogP) is 3.17. The fourth-order valence-corrected chi connectivity index (χ4v) is 3.59. The summed E-state index contributed by atoms with van der Waals surface area (Å²) in [5, 5.41) is 16.5. The zero-order valence-electron chi connectivity index (χ0n) is 18.3. The second kappa shape index (κ2) is 8.47. The van der Waals surface area contributed by atoms with Crippen molar-refractivity contribution >= 4 is 40.4 Å². The van der Waals surface area contributed by atoms with Crippen LogP contribution in [0.4, 0.5) is 11.5 Å². The summed E-state index contributed by atoms with van der Waals surface area (Å²) < 4.78 is 5.79. The number of aromatic nitrogens is 1. The standard InChI is InChI=1S/C24H26N4O4/c1-15-18(17-6-4-5-7-20(17)32-15)12-28(3)21(30)9-8-16-10-19-22(25-11-16)27-23(31)24(2,14-29)13-26-19/h4-11,26,29H,12-14H2,1-3H3,(H,25,27,31)/b9-8+. The summed E-state index contributed by atoms with van der Waals surface area (Å²) in [6.45, 7) is 4.01. The molecule has 0 aliphatic carbocycles. The van der Waals surface area contributed by atoms with Crippen molar-refractivity contribution < 1.29 is 19.1 Å². The van der Waals surface area contributed by atoms with Gasteiger partial charge in [-0.1, -0.05) is 18.2 Å². The van der Waals surface area contributed by atoms with Crippen molar-refractivity contribution in [2.24, 2.45) is 5.41 Å². The summed E-state index contributed by atoms with van der Waals surface area (Å²) >= 11 is 0. The van der Waals surface area contributed by atoms with Crippen molar-refractivity contribution in [3.05, 3.63) is 59.5 Å². The Labute approximate surface area is 185 Å². The first-order valence-electron chi connectivity index (χ1n) is 10.4. The number of hydrogen-bond acceptors (Lipinski definition) is 6. The number of anilines is 2. The molecule has 0 saturated carbocycles. The first-order chi connectivity index (χ1) is 15.3. The molecule has 3 N–H and O–H groups in total. The van der Waals surface area contributed by atoms with E-state index in [9.17, 15) is 14.7 Å². The molecule has 0 saturated heterocycles. The number of aryl methyl sites for hydroxylation is 1. The molecule has 3 aromatic rings. The number of aliphatic hydroxyl groups is 1. The zero-order chi connectivity index (χ0) is 22.9. The molecular weight excluding hydrogens is 408 g/mol. The maximum absolute atomic E-state index is 12.7. The SMILES string of the molecule is Cc1oc2ccccc2c1CN(C)C(=O)/C=C/c1cnc2c(c1)NCC(C)(CO)C(=O)N2. The Morgan fingerprint density at radius 3 is 2.94 bits per heavy atom. The molecule has 1 unspecified atom stereocenters. The highest BCUT2D eigenvalue weighted by Crippen LogP contribution is 2.29. The predicted molar refractivity (Wildman–Crippen MR) is 123 cm³/mol. The number of benzene rings is 1. The summed E-state index contributed by atoms with van der Waals surface area (Å²) in [5.41, 5.74) is 2.21. The lowest BCUT2D eigenvalue weighted by Crippen LogP contribution is -2.40. The summed E-state index contributed by atoms with van der Waals surface area (Å²) in [5.74, 6) is 0.752. The highest BCUT2D eigenvalue weighted by Gasteiger charge is 2.35. The van der Waals surface area contributed by atoms with Gasteiger partial charge in [-0.05, 0) is 37.6 Å². The average Bonchev–Trinajstić information content (AvgIpc) is 3.04. The smallest absolute Gasteiger partial charge is 0.246 e. The fourth-order valence-electron chi connectivity index (χ4n) is 3.59. The number of aliphatic hydroxyl groups excluding tert-OH is 1. The number of para-hydroxylation sites is 1. The van der Waals surface area contributed by atoms with Crippen molar-refractivity contribution in [3.8, 4) is 0 Å². The van der Waals surface area contributed by atoms with E-state index >= 15 is 0 Å². The van der Waals surface area contributed by atoms with Crippen LogP contribution < -0.4 is 10.6 Å². The molecule has 0 fully saturated rings. The number of fused-ring (bicyclic) bond motifs is 2. The minimum Gasteiger partial charge on any atom is -0.461 e. The van der Waals surface area contributed by atoms with Crippen LogP contribution in [0.5, 0.6) is 0 Å². The molecule has 8 nitrogen and oxygen atoms in total.